The fourth-order valence-corrected chi connectivity index (χ4v) is 2.52. The van der Waals surface area contributed by atoms with E-state index in [1.54, 1.807) is 18.5 Å². The smallest absolute Gasteiger partial charge is 0.272 e. The first-order valence-corrected chi connectivity index (χ1v) is 7.50. The van der Waals surface area contributed by atoms with E-state index in [-0.39, 0.29) is 5.91 Å². The van der Waals surface area contributed by atoms with E-state index < -0.39 is 0 Å². The zero-order chi connectivity index (χ0) is 15.4. The zero-order valence-electron chi connectivity index (χ0n) is 12.6. The van der Waals surface area contributed by atoms with E-state index in [0.29, 0.717) is 18.2 Å². The van der Waals surface area contributed by atoms with Gasteiger partial charge in [-0.05, 0) is 37.5 Å². The van der Waals surface area contributed by atoms with Crippen molar-refractivity contribution < 1.29 is 4.79 Å². The van der Waals surface area contributed by atoms with E-state index in [1.165, 1.54) is 0 Å². The van der Waals surface area contributed by atoms with Gasteiger partial charge in [-0.3, -0.25) is 9.78 Å². The monoisotopic (exact) mass is 297 g/mol. The molecular weight excluding hydrogens is 278 g/mol. The van der Waals surface area contributed by atoms with Crippen LogP contribution in [0.25, 0.3) is 0 Å². The van der Waals surface area contributed by atoms with Crippen LogP contribution in [0.4, 0.5) is 5.95 Å². The van der Waals surface area contributed by atoms with Gasteiger partial charge < -0.3 is 10.2 Å². The molecule has 114 valence electrons. The number of pyridine rings is 1. The molecule has 1 amide bonds. The van der Waals surface area contributed by atoms with Gasteiger partial charge in [0.25, 0.3) is 5.91 Å². The molecule has 0 saturated carbocycles. The van der Waals surface area contributed by atoms with Crippen LogP contribution in [0, 0.1) is 6.92 Å². The van der Waals surface area contributed by atoms with Crippen LogP contribution in [-0.4, -0.2) is 38.8 Å². The number of likely N-dealkylation sites (tertiary alicyclic amines) is 1. The van der Waals surface area contributed by atoms with Crippen LogP contribution in [0.2, 0.25) is 0 Å². The molecule has 1 fully saturated rings. The Balaban J connectivity index is 1.73. The van der Waals surface area contributed by atoms with Gasteiger partial charge in [-0.2, -0.15) is 0 Å². The minimum atomic E-state index is -0.00701. The van der Waals surface area contributed by atoms with Crippen molar-refractivity contribution in [3.63, 3.8) is 0 Å². The molecule has 0 bridgehead atoms. The molecule has 2 aromatic heterocycles. The van der Waals surface area contributed by atoms with Gasteiger partial charge in [-0.25, -0.2) is 9.97 Å². The maximum absolute atomic E-state index is 12.4. The summed E-state index contributed by atoms with van der Waals surface area (Å²) in [5, 5.41) is 3.15. The first-order valence-electron chi connectivity index (χ1n) is 7.50. The fourth-order valence-electron chi connectivity index (χ4n) is 2.52. The second kappa shape index (κ2) is 6.51. The second-order valence-corrected chi connectivity index (χ2v) is 5.43. The second-order valence-electron chi connectivity index (χ2n) is 5.43. The van der Waals surface area contributed by atoms with Crippen LogP contribution in [-0.2, 0) is 6.54 Å². The average Bonchev–Trinajstić information content (AvgIpc) is 3.07. The van der Waals surface area contributed by atoms with Crippen molar-refractivity contribution in [1.29, 1.82) is 0 Å². The van der Waals surface area contributed by atoms with Gasteiger partial charge in [0.05, 0.1) is 0 Å². The Morgan fingerprint density at radius 3 is 2.86 bits per heavy atom. The highest BCUT2D eigenvalue weighted by Crippen LogP contribution is 2.14. The lowest BCUT2D eigenvalue weighted by molar-refractivity contribution is 0.0787. The molecule has 6 nitrogen and oxygen atoms in total. The molecule has 1 aliphatic heterocycles. The Bertz CT molecular complexity index is 653. The number of carbonyl (C=O) groups excluding carboxylic acids is 1. The highest BCUT2D eigenvalue weighted by molar-refractivity contribution is 5.92. The minimum Gasteiger partial charge on any atom is -0.350 e. The largest absolute Gasteiger partial charge is 0.350 e. The van der Waals surface area contributed by atoms with Crippen molar-refractivity contribution in [1.82, 2.24) is 19.9 Å². The number of aromatic nitrogens is 3. The molecule has 1 saturated heterocycles. The molecule has 0 atom stereocenters. The molecule has 0 aromatic carbocycles. The third kappa shape index (κ3) is 3.39. The molecule has 0 radical (unpaired) electrons. The van der Waals surface area contributed by atoms with Crippen LogP contribution in [0.3, 0.4) is 0 Å². The predicted molar refractivity (Wildman–Crippen MR) is 83.5 cm³/mol. The van der Waals surface area contributed by atoms with Crippen molar-refractivity contribution in [2.45, 2.75) is 26.3 Å². The Hall–Kier alpha value is -2.50. The molecule has 1 N–H and O–H groups in total. The molecule has 6 heteroatoms. The van der Waals surface area contributed by atoms with Gasteiger partial charge in [0, 0.05) is 37.7 Å². The maximum atomic E-state index is 12.4. The van der Waals surface area contributed by atoms with Crippen LogP contribution in [0.5, 0.6) is 0 Å². The van der Waals surface area contributed by atoms with Gasteiger partial charge in [0.15, 0.2) is 0 Å². The first-order chi connectivity index (χ1) is 10.7. The molecule has 2 aromatic rings. The predicted octanol–water partition coefficient (Wildman–Crippen LogP) is 2.03. The average molecular weight is 297 g/mol. The van der Waals surface area contributed by atoms with Crippen LogP contribution in [0.1, 0.15) is 34.6 Å². The zero-order valence-corrected chi connectivity index (χ0v) is 12.6. The number of nitrogens with one attached hydrogen (secondary N) is 1. The lowest BCUT2D eigenvalue weighted by atomic mass is 10.3. The Kier molecular flexibility index (Phi) is 4.27. The van der Waals surface area contributed by atoms with Crippen molar-refractivity contribution in [3.8, 4) is 0 Å². The summed E-state index contributed by atoms with van der Waals surface area (Å²) in [6, 6.07) is 5.61. The number of hydrogen-bond acceptors (Lipinski definition) is 5. The summed E-state index contributed by atoms with van der Waals surface area (Å²) in [7, 11) is 0. The SMILES string of the molecule is Cc1cc(C(=O)N2CCCC2)nc(NCc2cccnc2)n1. The highest BCUT2D eigenvalue weighted by atomic mass is 16.2. The Morgan fingerprint density at radius 2 is 2.14 bits per heavy atom. The van der Waals surface area contributed by atoms with E-state index in [1.807, 2.05) is 24.0 Å². The molecule has 0 aliphatic carbocycles. The summed E-state index contributed by atoms with van der Waals surface area (Å²) in [5.41, 5.74) is 2.29. The topological polar surface area (TPSA) is 71.0 Å². The molecule has 3 rings (SSSR count). The first kappa shape index (κ1) is 14.4. The quantitative estimate of drug-likeness (QED) is 0.935. The molecule has 22 heavy (non-hydrogen) atoms. The molecular formula is C16H19N5O. The van der Waals surface area contributed by atoms with Crippen molar-refractivity contribution in [3.05, 3.63) is 47.5 Å². The maximum Gasteiger partial charge on any atom is 0.272 e. The lowest BCUT2D eigenvalue weighted by Gasteiger charge is -2.15. The van der Waals surface area contributed by atoms with E-state index in [4.69, 9.17) is 0 Å². The van der Waals surface area contributed by atoms with Gasteiger partial charge in [0.1, 0.15) is 5.69 Å². The van der Waals surface area contributed by atoms with Crippen LogP contribution >= 0.6 is 0 Å². The van der Waals surface area contributed by atoms with E-state index in [9.17, 15) is 4.79 Å². The fraction of sp³-hybridized carbons (Fsp3) is 0.375. The van der Waals surface area contributed by atoms with Crippen molar-refractivity contribution in [2.24, 2.45) is 0 Å². The number of carbonyl (C=O) groups is 1. The number of anilines is 1. The minimum absolute atomic E-state index is 0.00701. The molecule has 1 aliphatic rings. The molecule has 0 unspecified atom stereocenters. The summed E-state index contributed by atoms with van der Waals surface area (Å²) >= 11 is 0. The third-order valence-electron chi connectivity index (χ3n) is 3.64. The summed E-state index contributed by atoms with van der Waals surface area (Å²) in [6.45, 7) is 4.09. The number of nitrogens with zero attached hydrogens (tertiary/aromatic N) is 4. The summed E-state index contributed by atoms with van der Waals surface area (Å²) < 4.78 is 0. The van der Waals surface area contributed by atoms with E-state index >= 15 is 0 Å². The molecule has 3 heterocycles. The van der Waals surface area contributed by atoms with Gasteiger partial charge in [0.2, 0.25) is 5.95 Å². The van der Waals surface area contributed by atoms with E-state index in [0.717, 1.165) is 37.2 Å². The van der Waals surface area contributed by atoms with Gasteiger partial charge in [-0.15, -0.1) is 0 Å². The summed E-state index contributed by atoms with van der Waals surface area (Å²) in [6.07, 6.45) is 5.67. The van der Waals surface area contributed by atoms with Gasteiger partial charge in [-0.1, -0.05) is 6.07 Å². The third-order valence-corrected chi connectivity index (χ3v) is 3.64. The standard InChI is InChI=1S/C16H19N5O/c1-12-9-14(15(22)21-7-2-3-8-21)20-16(19-12)18-11-13-5-4-6-17-10-13/h4-6,9-10H,2-3,7-8,11H2,1H3,(H,18,19,20). The van der Waals surface area contributed by atoms with Gasteiger partial charge >= 0.3 is 0 Å². The van der Waals surface area contributed by atoms with E-state index in [2.05, 4.69) is 20.3 Å². The van der Waals surface area contributed by atoms with Crippen molar-refractivity contribution >= 4 is 11.9 Å². The lowest BCUT2D eigenvalue weighted by Crippen LogP contribution is -2.28. The van der Waals surface area contributed by atoms with Crippen molar-refractivity contribution in [2.75, 3.05) is 18.4 Å². The highest BCUT2D eigenvalue weighted by Gasteiger charge is 2.21. The Morgan fingerprint density at radius 1 is 1.32 bits per heavy atom. The molecule has 0 spiro atoms. The van der Waals surface area contributed by atoms with Crippen LogP contribution < -0.4 is 5.32 Å². The number of amides is 1. The summed E-state index contributed by atoms with van der Waals surface area (Å²) in [5.74, 6) is 0.471. The normalized spacial score (nSPS) is 14.1. The number of hydrogen-bond donors (Lipinski definition) is 1. The summed E-state index contributed by atoms with van der Waals surface area (Å²) in [4.78, 5) is 27.1. The number of rotatable bonds is 4. The Labute approximate surface area is 129 Å². The van der Waals surface area contributed by atoms with Crippen LogP contribution in [0.15, 0.2) is 30.6 Å². The number of aryl methyl sites for hydroxylation is 1.